The third-order valence-corrected chi connectivity index (χ3v) is 2.94. The van der Waals surface area contributed by atoms with Crippen LogP contribution in [0.25, 0.3) is 0 Å². The van der Waals surface area contributed by atoms with E-state index < -0.39 is 11.9 Å². The first-order valence-corrected chi connectivity index (χ1v) is 5.92. The van der Waals surface area contributed by atoms with E-state index in [1.165, 1.54) is 0 Å². The summed E-state index contributed by atoms with van der Waals surface area (Å²) in [5, 5.41) is 0. The van der Waals surface area contributed by atoms with Crippen molar-refractivity contribution in [2.45, 2.75) is 38.9 Å². The van der Waals surface area contributed by atoms with Crippen LogP contribution in [0.5, 0.6) is 0 Å². The SMILES string of the molecule is CCOC(=O)C1=C(C(=O)OCC)C2CCC1O2. The van der Waals surface area contributed by atoms with E-state index in [4.69, 9.17) is 14.2 Å². The van der Waals surface area contributed by atoms with Crippen molar-refractivity contribution in [3.8, 4) is 0 Å². The molecule has 0 aromatic rings. The second-order valence-electron chi connectivity index (χ2n) is 3.96. The molecule has 1 fully saturated rings. The molecule has 2 aliphatic rings. The van der Waals surface area contributed by atoms with E-state index in [0.717, 1.165) is 12.8 Å². The molecule has 17 heavy (non-hydrogen) atoms. The lowest BCUT2D eigenvalue weighted by Crippen LogP contribution is -2.24. The number of hydrogen-bond donors (Lipinski definition) is 0. The van der Waals surface area contributed by atoms with Crippen molar-refractivity contribution in [2.24, 2.45) is 0 Å². The average molecular weight is 240 g/mol. The van der Waals surface area contributed by atoms with Gasteiger partial charge in [-0.2, -0.15) is 0 Å². The van der Waals surface area contributed by atoms with Crippen LogP contribution in [0.15, 0.2) is 11.1 Å². The van der Waals surface area contributed by atoms with Crippen LogP contribution in [0, 0.1) is 0 Å². The smallest absolute Gasteiger partial charge is 0.337 e. The molecule has 2 rings (SSSR count). The summed E-state index contributed by atoms with van der Waals surface area (Å²) in [6.45, 7) is 4.04. The summed E-state index contributed by atoms with van der Waals surface area (Å²) < 4.78 is 15.5. The number of ether oxygens (including phenoxy) is 3. The molecule has 5 heteroatoms. The lowest BCUT2D eigenvalue weighted by atomic mass is 9.92. The Morgan fingerprint density at radius 2 is 1.47 bits per heavy atom. The Labute approximate surface area is 99.7 Å². The van der Waals surface area contributed by atoms with Crippen molar-refractivity contribution in [1.29, 1.82) is 0 Å². The van der Waals surface area contributed by atoms with Gasteiger partial charge >= 0.3 is 11.9 Å². The topological polar surface area (TPSA) is 61.8 Å². The minimum atomic E-state index is -0.456. The van der Waals surface area contributed by atoms with Gasteiger partial charge in [0, 0.05) is 0 Å². The van der Waals surface area contributed by atoms with E-state index in [1.54, 1.807) is 13.8 Å². The standard InChI is InChI=1S/C12H16O5/c1-3-15-11(13)9-7-5-6-8(17-7)10(9)12(14)16-4-2/h7-8H,3-6H2,1-2H3. The molecule has 0 aromatic heterocycles. The third-order valence-electron chi connectivity index (χ3n) is 2.94. The Bertz CT molecular complexity index is 337. The number of carbonyl (C=O) groups is 2. The summed E-state index contributed by atoms with van der Waals surface area (Å²) in [4.78, 5) is 23.6. The number of fused-ring (bicyclic) bond motifs is 2. The van der Waals surface area contributed by atoms with Crippen molar-refractivity contribution in [3.63, 3.8) is 0 Å². The number of carbonyl (C=O) groups excluding carboxylic acids is 2. The second kappa shape index (κ2) is 4.87. The molecule has 0 amide bonds. The van der Waals surface area contributed by atoms with Gasteiger partial charge in [-0.15, -0.1) is 0 Å². The van der Waals surface area contributed by atoms with Gasteiger partial charge in [-0.25, -0.2) is 9.59 Å². The molecule has 2 aliphatic heterocycles. The zero-order chi connectivity index (χ0) is 12.4. The normalized spacial score (nSPS) is 26.2. The quantitative estimate of drug-likeness (QED) is 0.685. The summed E-state index contributed by atoms with van der Waals surface area (Å²) in [6.07, 6.45) is 0.945. The molecule has 94 valence electrons. The van der Waals surface area contributed by atoms with Gasteiger partial charge in [0.1, 0.15) is 0 Å². The van der Waals surface area contributed by atoms with Crippen molar-refractivity contribution < 1.29 is 23.8 Å². The number of rotatable bonds is 4. The van der Waals surface area contributed by atoms with Crippen LogP contribution in [0.2, 0.25) is 0 Å². The lowest BCUT2D eigenvalue weighted by molar-refractivity contribution is -0.142. The minimum Gasteiger partial charge on any atom is -0.463 e. The molecule has 2 unspecified atom stereocenters. The summed E-state index contributed by atoms with van der Waals surface area (Å²) in [6, 6.07) is 0. The first kappa shape index (κ1) is 12.1. The maximum Gasteiger partial charge on any atom is 0.337 e. The Balaban J connectivity index is 2.27. The second-order valence-corrected chi connectivity index (χ2v) is 3.96. The highest BCUT2D eigenvalue weighted by Crippen LogP contribution is 2.40. The highest BCUT2D eigenvalue weighted by Gasteiger charge is 2.47. The first-order chi connectivity index (χ1) is 8.19. The minimum absolute atomic E-state index is 0.288. The van der Waals surface area contributed by atoms with Crippen LogP contribution in [-0.4, -0.2) is 37.4 Å². The van der Waals surface area contributed by atoms with Gasteiger partial charge in [0.2, 0.25) is 0 Å². The summed E-state index contributed by atoms with van der Waals surface area (Å²) in [5.74, 6) is -0.912. The van der Waals surface area contributed by atoms with Crippen molar-refractivity contribution in [2.75, 3.05) is 13.2 Å². The number of esters is 2. The van der Waals surface area contributed by atoms with Crippen LogP contribution in [0.3, 0.4) is 0 Å². The van der Waals surface area contributed by atoms with Gasteiger partial charge in [0.05, 0.1) is 36.6 Å². The van der Waals surface area contributed by atoms with Crippen LogP contribution in [0.4, 0.5) is 0 Å². The fourth-order valence-corrected chi connectivity index (χ4v) is 2.31. The third kappa shape index (κ3) is 2.07. The molecular formula is C12H16O5. The Morgan fingerprint density at radius 3 is 1.82 bits per heavy atom. The van der Waals surface area contributed by atoms with Crippen LogP contribution < -0.4 is 0 Å². The van der Waals surface area contributed by atoms with Gasteiger partial charge in [-0.05, 0) is 26.7 Å². The lowest BCUT2D eigenvalue weighted by Gasteiger charge is -2.14. The van der Waals surface area contributed by atoms with Crippen LogP contribution in [0.1, 0.15) is 26.7 Å². The summed E-state index contributed by atoms with van der Waals surface area (Å²) in [5.41, 5.74) is 0.725. The zero-order valence-electron chi connectivity index (χ0n) is 10.0. The number of hydrogen-bond acceptors (Lipinski definition) is 5. The highest BCUT2D eigenvalue weighted by atomic mass is 16.6. The van der Waals surface area contributed by atoms with E-state index in [2.05, 4.69) is 0 Å². The van der Waals surface area contributed by atoms with E-state index >= 15 is 0 Å². The van der Waals surface area contributed by atoms with Gasteiger partial charge in [-0.1, -0.05) is 0 Å². The molecule has 0 aromatic carbocycles. The van der Waals surface area contributed by atoms with Crippen molar-refractivity contribution in [3.05, 3.63) is 11.1 Å². The molecule has 2 bridgehead atoms. The first-order valence-electron chi connectivity index (χ1n) is 5.92. The predicted octanol–water partition coefficient (Wildman–Crippen LogP) is 0.970. The maximum atomic E-state index is 11.8. The Kier molecular flexibility index (Phi) is 3.47. The molecular weight excluding hydrogens is 224 g/mol. The van der Waals surface area contributed by atoms with Gasteiger partial charge in [-0.3, -0.25) is 0 Å². The zero-order valence-corrected chi connectivity index (χ0v) is 10.0. The maximum absolute atomic E-state index is 11.8. The molecule has 0 N–H and O–H groups in total. The molecule has 0 aliphatic carbocycles. The highest BCUT2D eigenvalue weighted by molar-refractivity contribution is 6.03. The largest absolute Gasteiger partial charge is 0.463 e. The fraction of sp³-hybridized carbons (Fsp3) is 0.667. The average Bonchev–Trinajstić information content (AvgIpc) is 2.89. The van der Waals surface area contributed by atoms with Crippen LogP contribution in [-0.2, 0) is 23.8 Å². The molecule has 0 radical (unpaired) electrons. The molecule has 1 saturated heterocycles. The fourth-order valence-electron chi connectivity index (χ4n) is 2.31. The van der Waals surface area contributed by atoms with E-state index in [0.29, 0.717) is 11.1 Å². The van der Waals surface area contributed by atoms with E-state index in [-0.39, 0.29) is 25.4 Å². The van der Waals surface area contributed by atoms with E-state index in [9.17, 15) is 9.59 Å². The van der Waals surface area contributed by atoms with E-state index in [1.807, 2.05) is 0 Å². The van der Waals surface area contributed by atoms with Crippen molar-refractivity contribution >= 4 is 11.9 Å². The van der Waals surface area contributed by atoms with Gasteiger partial charge < -0.3 is 14.2 Å². The molecule has 2 heterocycles. The summed E-state index contributed by atoms with van der Waals surface area (Å²) in [7, 11) is 0. The summed E-state index contributed by atoms with van der Waals surface area (Å²) >= 11 is 0. The Morgan fingerprint density at radius 1 is 1.06 bits per heavy atom. The van der Waals surface area contributed by atoms with Crippen LogP contribution >= 0.6 is 0 Å². The molecule has 0 saturated carbocycles. The van der Waals surface area contributed by atoms with Gasteiger partial charge in [0.15, 0.2) is 0 Å². The molecule has 0 spiro atoms. The Hall–Kier alpha value is -1.36. The molecule has 2 atom stereocenters. The molecule has 5 nitrogen and oxygen atoms in total. The van der Waals surface area contributed by atoms with Gasteiger partial charge in [0.25, 0.3) is 0 Å². The predicted molar refractivity (Wildman–Crippen MR) is 58.2 cm³/mol. The van der Waals surface area contributed by atoms with Crippen molar-refractivity contribution in [1.82, 2.24) is 0 Å². The monoisotopic (exact) mass is 240 g/mol.